The molecule has 2 heterocycles. The minimum absolute atomic E-state index is 0.0864. The lowest BCUT2D eigenvalue weighted by atomic mass is 10.1. The second kappa shape index (κ2) is 6.80. The van der Waals surface area contributed by atoms with E-state index in [9.17, 15) is 18.3 Å². The molecule has 7 nitrogen and oxygen atoms in total. The van der Waals surface area contributed by atoms with E-state index >= 15 is 0 Å². The average molecular weight is 367 g/mol. The summed E-state index contributed by atoms with van der Waals surface area (Å²) in [5, 5.41) is 14.8. The van der Waals surface area contributed by atoms with Gasteiger partial charge in [0.15, 0.2) is 0 Å². The molecule has 1 aromatic carbocycles. The maximum atomic E-state index is 12.5. The van der Waals surface area contributed by atoms with E-state index in [1.54, 1.807) is 16.3 Å². The number of phenolic OH excluding ortho intramolecular Hbond substituents is 1. The van der Waals surface area contributed by atoms with E-state index in [1.807, 2.05) is 0 Å². The Balaban J connectivity index is 1.85. The highest BCUT2D eigenvalue weighted by Gasteiger charge is 2.22. The van der Waals surface area contributed by atoms with Gasteiger partial charge < -0.3 is 15.3 Å². The fraction of sp³-hybridized carbons (Fsp3) is 0.267. The summed E-state index contributed by atoms with van der Waals surface area (Å²) in [5.74, 6) is -0.483. The molecule has 1 aromatic heterocycles. The molecular weight excluding hydrogens is 350 g/mol. The molecule has 0 spiro atoms. The maximum Gasteiger partial charge on any atom is 0.271 e. The first-order valence-electron chi connectivity index (χ1n) is 7.37. The Kier molecular flexibility index (Phi) is 4.74. The average Bonchev–Trinajstić information content (AvgIpc) is 3.12. The van der Waals surface area contributed by atoms with Crippen molar-refractivity contribution in [3.8, 4) is 5.75 Å². The Bertz CT molecular complexity index is 828. The van der Waals surface area contributed by atoms with Crippen LogP contribution in [-0.2, 0) is 10.0 Å². The first-order valence-corrected chi connectivity index (χ1v) is 9.73. The standard InChI is InChI=1S/C15H17N3O4S2/c19-13-4-3-11(17-24(21,22)14-2-1-9-23-14)10-12(13)15(20)18-7-5-16-6-8-18/h1-4,9-10,16-17,19H,5-8H2. The molecule has 1 aliphatic heterocycles. The summed E-state index contributed by atoms with van der Waals surface area (Å²) in [6.07, 6.45) is 0. The number of hydrogen-bond acceptors (Lipinski definition) is 6. The Labute approximate surface area is 144 Å². The normalized spacial score (nSPS) is 15.2. The molecule has 1 fully saturated rings. The largest absolute Gasteiger partial charge is 0.507 e. The summed E-state index contributed by atoms with van der Waals surface area (Å²) in [5.41, 5.74) is 0.322. The van der Waals surface area contributed by atoms with Crippen molar-refractivity contribution in [3.63, 3.8) is 0 Å². The van der Waals surface area contributed by atoms with Gasteiger partial charge in [-0.15, -0.1) is 11.3 Å². The van der Waals surface area contributed by atoms with Crippen molar-refractivity contribution in [3.05, 3.63) is 41.3 Å². The third-order valence-corrected chi connectivity index (χ3v) is 6.42. The summed E-state index contributed by atoms with van der Waals surface area (Å²) < 4.78 is 27.1. The van der Waals surface area contributed by atoms with Crippen molar-refractivity contribution in [1.29, 1.82) is 0 Å². The molecule has 0 aliphatic carbocycles. The molecule has 0 saturated carbocycles. The fourth-order valence-electron chi connectivity index (χ4n) is 2.43. The van der Waals surface area contributed by atoms with Crippen molar-refractivity contribution in [1.82, 2.24) is 10.2 Å². The van der Waals surface area contributed by atoms with Crippen molar-refractivity contribution >= 4 is 33.0 Å². The monoisotopic (exact) mass is 367 g/mol. The lowest BCUT2D eigenvalue weighted by Gasteiger charge is -2.27. The highest BCUT2D eigenvalue weighted by atomic mass is 32.2. The quantitative estimate of drug-likeness (QED) is 0.708. The van der Waals surface area contributed by atoms with Crippen LogP contribution in [0.25, 0.3) is 0 Å². The van der Waals surface area contributed by atoms with Crippen LogP contribution in [0.4, 0.5) is 5.69 Å². The molecule has 0 radical (unpaired) electrons. The van der Waals surface area contributed by atoms with Crippen LogP contribution in [0.15, 0.2) is 39.9 Å². The molecule has 128 valence electrons. The van der Waals surface area contributed by atoms with Gasteiger partial charge in [0.25, 0.3) is 15.9 Å². The van der Waals surface area contributed by atoms with E-state index in [2.05, 4.69) is 10.0 Å². The Morgan fingerprint density at radius 1 is 1.25 bits per heavy atom. The van der Waals surface area contributed by atoms with Crippen LogP contribution in [0.1, 0.15) is 10.4 Å². The highest BCUT2D eigenvalue weighted by Crippen LogP contribution is 2.26. The van der Waals surface area contributed by atoms with Crippen LogP contribution in [0.2, 0.25) is 0 Å². The number of benzene rings is 1. The van der Waals surface area contributed by atoms with Gasteiger partial charge in [-0.1, -0.05) is 6.07 Å². The smallest absolute Gasteiger partial charge is 0.271 e. The summed E-state index contributed by atoms with van der Waals surface area (Å²) in [6, 6.07) is 7.26. The van der Waals surface area contributed by atoms with Gasteiger partial charge in [-0.05, 0) is 29.6 Å². The van der Waals surface area contributed by atoms with Crippen molar-refractivity contribution < 1.29 is 18.3 Å². The number of nitrogens with one attached hydrogen (secondary N) is 2. The van der Waals surface area contributed by atoms with E-state index in [0.29, 0.717) is 26.2 Å². The molecule has 3 N–H and O–H groups in total. The van der Waals surface area contributed by atoms with Crippen LogP contribution in [0, 0.1) is 0 Å². The molecule has 1 amide bonds. The van der Waals surface area contributed by atoms with Crippen LogP contribution >= 0.6 is 11.3 Å². The summed E-state index contributed by atoms with van der Waals surface area (Å²) in [4.78, 5) is 14.2. The number of carbonyl (C=O) groups excluding carboxylic acids is 1. The molecule has 1 saturated heterocycles. The summed E-state index contributed by atoms with van der Waals surface area (Å²) >= 11 is 1.10. The number of phenols is 1. The molecule has 3 rings (SSSR count). The zero-order valence-electron chi connectivity index (χ0n) is 12.7. The number of amides is 1. The first kappa shape index (κ1) is 16.7. The minimum atomic E-state index is -3.70. The van der Waals surface area contributed by atoms with Gasteiger partial charge in [0.05, 0.1) is 5.56 Å². The van der Waals surface area contributed by atoms with Crippen molar-refractivity contribution in [2.75, 3.05) is 30.9 Å². The van der Waals surface area contributed by atoms with Gasteiger partial charge in [-0.3, -0.25) is 9.52 Å². The van der Waals surface area contributed by atoms with E-state index in [1.165, 1.54) is 24.3 Å². The topological polar surface area (TPSA) is 98.7 Å². The number of thiophene rings is 1. The van der Waals surface area contributed by atoms with Gasteiger partial charge >= 0.3 is 0 Å². The van der Waals surface area contributed by atoms with E-state index < -0.39 is 10.0 Å². The van der Waals surface area contributed by atoms with Gasteiger partial charge in [0, 0.05) is 31.9 Å². The van der Waals surface area contributed by atoms with Gasteiger partial charge in [0.1, 0.15) is 9.96 Å². The van der Waals surface area contributed by atoms with Crippen LogP contribution in [0.3, 0.4) is 0 Å². The molecule has 0 bridgehead atoms. The predicted octanol–water partition coefficient (Wildman–Crippen LogP) is 1.30. The Morgan fingerprint density at radius 2 is 2.00 bits per heavy atom. The number of sulfonamides is 1. The number of hydrogen-bond donors (Lipinski definition) is 3. The number of aromatic hydroxyl groups is 1. The molecule has 2 aromatic rings. The lowest BCUT2D eigenvalue weighted by molar-refractivity contribution is 0.0733. The SMILES string of the molecule is O=C(c1cc(NS(=O)(=O)c2cccs2)ccc1O)N1CCNCC1. The van der Waals surface area contributed by atoms with Crippen molar-refractivity contribution in [2.24, 2.45) is 0 Å². The van der Waals surface area contributed by atoms with Gasteiger partial charge in [0.2, 0.25) is 0 Å². The number of anilines is 1. The van der Waals surface area contributed by atoms with Gasteiger partial charge in [-0.25, -0.2) is 8.42 Å². The van der Waals surface area contributed by atoms with E-state index in [4.69, 9.17) is 0 Å². The molecular formula is C15H17N3O4S2. The summed E-state index contributed by atoms with van der Waals surface area (Å²) in [6.45, 7) is 2.47. The molecule has 9 heteroatoms. The number of rotatable bonds is 4. The van der Waals surface area contributed by atoms with Crippen LogP contribution in [0.5, 0.6) is 5.75 Å². The zero-order chi connectivity index (χ0) is 17.2. The summed E-state index contributed by atoms with van der Waals surface area (Å²) in [7, 11) is -3.70. The Hall–Kier alpha value is -2.10. The predicted molar refractivity (Wildman–Crippen MR) is 92.0 cm³/mol. The third-order valence-electron chi connectivity index (χ3n) is 3.64. The van der Waals surface area contributed by atoms with Crippen LogP contribution < -0.4 is 10.0 Å². The van der Waals surface area contributed by atoms with Crippen LogP contribution in [-0.4, -0.2) is 50.5 Å². The maximum absolute atomic E-state index is 12.5. The van der Waals surface area contributed by atoms with Crippen molar-refractivity contribution in [2.45, 2.75) is 4.21 Å². The van der Waals surface area contributed by atoms with E-state index in [0.717, 1.165) is 11.3 Å². The minimum Gasteiger partial charge on any atom is -0.507 e. The van der Waals surface area contributed by atoms with Gasteiger partial charge in [-0.2, -0.15) is 0 Å². The second-order valence-electron chi connectivity index (χ2n) is 5.31. The number of nitrogens with zero attached hydrogens (tertiary/aromatic N) is 1. The Morgan fingerprint density at radius 3 is 2.67 bits per heavy atom. The van der Waals surface area contributed by atoms with E-state index in [-0.39, 0.29) is 27.1 Å². The molecule has 1 aliphatic rings. The lowest BCUT2D eigenvalue weighted by Crippen LogP contribution is -2.46. The number of piperazine rings is 1. The second-order valence-corrected chi connectivity index (χ2v) is 8.17. The first-order chi connectivity index (χ1) is 11.5. The third kappa shape index (κ3) is 3.53. The molecule has 24 heavy (non-hydrogen) atoms. The fourth-order valence-corrected chi connectivity index (χ4v) is 4.47. The zero-order valence-corrected chi connectivity index (χ0v) is 14.4. The molecule has 0 unspecified atom stereocenters. The number of carbonyl (C=O) groups is 1. The highest BCUT2D eigenvalue weighted by molar-refractivity contribution is 7.94. The molecule has 0 atom stereocenters.